The van der Waals surface area contributed by atoms with Crippen molar-refractivity contribution in [1.29, 1.82) is 0 Å². The van der Waals surface area contributed by atoms with Gasteiger partial charge < -0.3 is 33.9 Å². The number of hydrogen-bond donors (Lipinski definition) is 1. The molecule has 0 spiro atoms. The van der Waals surface area contributed by atoms with Crippen LogP contribution in [0.4, 0.5) is 25.0 Å². The highest BCUT2D eigenvalue weighted by Gasteiger charge is 2.34. The average molecular weight is 681 g/mol. The van der Waals surface area contributed by atoms with Crippen LogP contribution >= 0.6 is 12.2 Å². The van der Waals surface area contributed by atoms with Crippen LogP contribution in [-0.2, 0) is 28.7 Å². The van der Waals surface area contributed by atoms with Gasteiger partial charge in [-0.15, -0.1) is 0 Å². The highest BCUT2D eigenvalue weighted by Crippen LogP contribution is 2.40. The molecule has 0 aromatic heterocycles. The van der Waals surface area contributed by atoms with E-state index in [1.165, 1.54) is 12.0 Å². The zero-order valence-electron chi connectivity index (χ0n) is 25.6. The first-order chi connectivity index (χ1) is 22.3. The number of esters is 3. The van der Waals surface area contributed by atoms with Crippen LogP contribution in [-0.4, -0.2) is 92.7 Å². The van der Waals surface area contributed by atoms with Crippen LogP contribution < -0.4 is 29.3 Å². The standard InChI is InChI=1S/C29H30F2N4O11S/c1-15(36)43-23-9-18(10-24(44-16(2)37)26(23)45-17(3)38)27(39)35-6-5-33(7-8-42-35)25-21(30)11-19(12-22(25)31)34-14-20(46-29(34)40)13-32-28(47)41-4/h9-12,20H,5-8,13-14H2,1-4H3,(H,32,47)/t20-/m0/s1. The third-order valence-electron chi connectivity index (χ3n) is 6.59. The van der Waals surface area contributed by atoms with E-state index in [1.54, 1.807) is 0 Å². The number of hydroxylamine groups is 2. The lowest BCUT2D eigenvalue weighted by Crippen LogP contribution is -2.35. The quantitative estimate of drug-likeness (QED) is 0.246. The molecule has 2 saturated heterocycles. The predicted molar refractivity (Wildman–Crippen MR) is 161 cm³/mol. The molecule has 2 aliphatic heterocycles. The molecule has 2 heterocycles. The molecule has 2 aromatic rings. The Kier molecular flexibility index (Phi) is 11.1. The van der Waals surface area contributed by atoms with Crippen molar-refractivity contribution in [2.75, 3.05) is 56.2 Å². The largest absolute Gasteiger partial charge is 0.474 e. The third-order valence-corrected chi connectivity index (χ3v) is 6.90. The van der Waals surface area contributed by atoms with Crippen LogP contribution in [0.3, 0.4) is 0 Å². The summed E-state index contributed by atoms with van der Waals surface area (Å²) in [6, 6.07) is 4.19. The van der Waals surface area contributed by atoms with Crippen molar-refractivity contribution in [2.45, 2.75) is 26.9 Å². The molecule has 252 valence electrons. The molecule has 1 atom stereocenters. The number of thiocarbonyl (C=S) groups is 1. The molecule has 15 nitrogen and oxygen atoms in total. The first-order valence-electron chi connectivity index (χ1n) is 14.0. The van der Waals surface area contributed by atoms with Gasteiger partial charge in [-0.05, 0) is 24.4 Å². The number of benzene rings is 2. The SMILES string of the molecule is COC(=S)NC[C@H]1CN(c2cc(F)c(N3CCON(C(=O)c4cc(OC(C)=O)c(OC(C)=O)c(OC(C)=O)c4)CC3)c(F)c2)C(=O)O1. The zero-order valence-corrected chi connectivity index (χ0v) is 26.4. The van der Waals surface area contributed by atoms with Gasteiger partial charge in [-0.1, -0.05) is 0 Å². The summed E-state index contributed by atoms with van der Waals surface area (Å²) < 4.78 is 56.2. The Balaban J connectivity index is 1.52. The van der Waals surface area contributed by atoms with E-state index in [4.69, 9.17) is 40.7 Å². The number of nitrogens with one attached hydrogen (secondary N) is 1. The molecule has 4 rings (SSSR count). The van der Waals surface area contributed by atoms with E-state index in [-0.39, 0.29) is 67.3 Å². The van der Waals surface area contributed by atoms with Crippen molar-refractivity contribution in [1.82, 2.24) is 10.4 Å². The molecule has 0 saturated carbocycles. The minimum atomic E-state index is -0.965. The first kappa shape index (κ1) is 34.8. The van der Waals surface area contributed by atoms with E-state index in [1.807, 2.05) is 0 Å². The normalized spacial score (nSPS) is 16.2. The molecule has 18 heteroatoms. The minimum absolute atomic E-state index is 0.00517. The summed E-state index contributed by atoms with van der Waals surface area (Å²) in [5.74, 6) is -6.34. The second kappa shape index (κ2) is 15.0. The van der Waals surface area contributed by atoms with Gasteiger partial charge in [0.1, 0.15) is 11.8 Å². The van der Waals surface area contributed by atoms with Crippen LogP contribution in [0.5, 0.6) is 17.2 Å². The number of carbonyl (C=O) groups excluding carboxylic acids is 5. The molecule has 2 amide bonds. The van der Waals surface area contributed by atoms with Crippen LogP contribution in [0.1, 0.15) is 31.1 Å². The Morgan fingerprint density at radius 3 is 2.09 bits per heavy atom. The number of ether oxygens (including phenoxy) is 5. The van der Waals surface area contributed by atoms with Gasteiger partial charge in [0.25, 0.3) is 11.1 Å². The third kappa shape index (κ3) is 8.59. The smallest absolute Gasteiger partial charge is 0.414 e. The minimum Gasteiger partial charge on any atom is -0.474 e. The Labute approximate surface area is 272 Å². The lowest BCUT2D eigenvalue weighted by Gasteiger charge is -2.24. The van der Waals surface area contributed by atoms with Gasteiger partial charge in [0.2, 0.25) is 5.75 Å². The number of halogens is 2. The molecule has 0 bridgehead atoms. The van der Waals surface area contributed by atoms with Crippen molar-refractivity contribution in [3.05, 3.63) is 41.5 Å². The van der Waals surface area contributed by atoms with E-state index >= 15 is 8.78 Å². The van der Waals surface area contributed by atoms with Gasteiger partial charge in [-0.2, -0.15) is 0 Å². The van der Waals surface area contributed by atoms with Crippen molar-refractivity contribution in [3.8, 4) is 17.2 Å². The fourth-order valence-electron chi connectivity index (χ4n) is 4.70. The van der Waals surface area contributed by atoms with E-state index in [0.717, 1.165) is 55.0 Å². The number of carbonyl (C=O) groups is 5. The molecule has 47 heavy (non-hydrogen) atoms. The van der Waals surface area contributed by atoms with E-state index in [9.17, 15) is 24.0 Å². The molecule has 2 fully saturated rings. The lowest BCUT2D eigenvalue weighted by atomic mass is 10.1. The van der Waals surface area contributed by atoms with Crippen LogP contribution in [0.2, 0.25) is 0 Å². The van der Waals surface area contributed by atoms with Gasteiger partial charge in [0.05, 0.1) is 39.0 Å². The number of cyclic esters (lactones) is 1. The van der Waals surface area contributed by atoms with E-state index in [0.29, 0.717) is 0 Å². The summed E-state index contributed by atoms with van der Waals surface area (Å²) in [6.45, 7) is 2.87. The van der Waals surface area contributed by atoms with Gasteiger partial charge in [0.15, 0.2) is 23.1 Å². The van der Waals surface area contributed by atoms with E-state index < -0.39 is 59.1 Å². The summed E-state index contributed by atoms with van der Waals surface area (Å²) >= 11 is 4.89. The average Bonchev–Trinajstić information content (AvgIpc) is 3.20. The van der Waals surface area contributed by atoms with E-state index in [2.05, 4.69) is 5.32 Å². The van der Waals surface area contributed by atoms with Crippen molar-refractivity contribution in [3.63, 3.8) is 0 Å². The summed E-state index contributed by atoms with van der Waals surface area (Å²) in [5.41, 5.74) is -0.640. The predicted octanol–water partition coefficient (Wildman–Crippen LogP) is 2.48. The number of methoxy groups -OCH3 is 1. The molecule has 2 aliphatic rings. The van der Waals surface area contributed by atoms with Crippen LogP contribution in [0.25, 0.3) is 0 Å². The summed E-state index contributed by atoms with van der Waals surface area (Å²) in [5, 5.41) is 3.77. The number of nitrogens with zero attached hydrogens (tertiary/aromatic N) is 3. The van der Waals surface area contributed by atoms with Gasteiger partial charge >= 0.3 is 24.0 Å². The van der Waals surface area contributed by atoms with Gasteiger partial charge in [-0.25, -0.2) is 18.6 Å². The number of hydrogen-bond acceptors (Lipinski definition) is 13. The van der Waals surface area contributed by atoms with Crippen molar-refractivity contribution in [2.24, 2.45) is 0 Å². The maximum Gasteiger partial charge on any atom is 0.414 e. The maximum atomic E-state index is 15.4. The van der Waals surface area contributed by atoms with Crippen LogP contribution in [0.15, 0.2) is 24.3 Å². The first-order valence-corrected chi connectivity index (χ1v) is 14.4. The monoisotopic (exact) mass is 680 g/mol. The molecule has 2 aromatic carbocycles. The van der Waals surface area contributed by atoms with Gasteiger partial charge in [0, 0.05) is 51.6 Å². The van der Waals surface area contributed by atoms with Gasteiger partial charge in [-0.3, -0.25) is 28.9 Å². The molecular formula is C29H30F2N4O11S. The Morgan fingerprint density at radius 2 is 1.53 bits per heavy atom. The maximum absolute atomic E-state index is 15.4. The topological polar surface area (TPSA) is 162 Å². The summed E-state index contributed by atoms with van der Waals surface area (Å²) in [6.07, 6.45) is -1.45. The van der Waals surface area contributed by atoms with Crippen molar-refractivity contribution >= 4 is 58.7 Å². The number of amides is 2. The van der Waals surface area contributed by atoms with Crippen molar-refractivity contribution < 1.29 is 61.3 Å². The second-order valence-corrected chi connectivity index (χ2v) is 10.4. The molecule has 0 aliphatic carbocycles. The number of rotatable bonds is 8. The lowest BCUT2D eigenvalue weighted by molar-refractivity contribution is -0.135. The molecule has 1 N–H and O–H groups in total. The molecular weight excluding hydrogens is 650 g/mol. The fourth-order valence-corrected chi connectivity index (χ4v) is 4.78. The number of anilines is 2. The summed E-state index contributed by atoms with van der Waals surface area (Å²) in [7, 11) is 1.37. The molecule has 0 radical (unpaired) electrons. The highest BCUT2D eigenvalue weighted by molar-refractivity contribution is 7.80. The zero-order chi connectivity index (χ0) is 34.4. The van der Waals surface area contributed by atoms with Crippen LogP contribution in [0, 0.1) is 11.6 Å². The Hall–Kier alpha value is -5.10. The second-order valence-electron chi connectivity index (χ2n) is 10.1. The fraction of sp³-hybridized carbons (Fsp3) is 0.379. The Morgan fingerprint density at radius 1 is 0.936 bits per heavy atom. The summed E-state index contributed by atoms with van der Waals surface area (Å²) in [4.78, 5) is 69.0. The Bertz CT molecular complexity index is 1550. The highest BCUT2D eigenvalue weighted by atomic mass is 32.1. The molecule has 0 unspecified atom stereocenters.